The molecule has 1 unspecified atom stereocenters. The van der Waals surface area contributed by atoms with E-state index in [2.05, 4.69) is 44.6 Å². The molecule has 0 aromatic heterocycles. The van der Waals surface area contributed by atoms with Crippen molar-refractivity contribution in [3.8, 4) is 0 Å². The first kappa shape index (κ1) is 14.6. The Morgan fingerprint density at radius 3 is 2.44 bits per heavy atom. The molecule has 2 aromatic carbocycles. The fourth-order valence-corrected chi connectivity index (χ4v) is 3.05. The Morgan fingerprint density at radius 2 is 1.78 bits per heavy atom. The molecule has 0 heterocycles. The summed E-state index contributed by atoms with van der Waals surface area (Å²) in [6.07, 6.45) is 0.844. The summed E-state index contributed by atoms with van der Waals surface area (Å²) in [5.74, 6) is 0. The normalized spacial score (nSPS) is 12.4. The van der Waals surface area contributed by atoms with E-state index >= 15 is 0 Å². The predicted molar refractivity (Wildman–Crippen MR) is 91.0 cm³/mol. The Kier molecular flexibility index (Phi) is 5.36. The molecule has 4 heteroatoms. The maximum absolute atomic E-state index is 6.16. The monoisotopic (exact) mass is 454 g/mol. The van der Waals surface area contributed by atoms with Crippen LogP contribution in [0.1, 0.15) is 16.0 Å². The number of rotatable bonds is 3. The molecule has 0 fully saturated rings. The minimum Gasteiger partial charge on any atom is -0.0840 e. The fraction of sp³-hybridized carbons (Fsp3) is 0.143. The average molecular weight is 456 g/mol. The van der Waals surface area contributed by atoms with Crippen molar-refractivity contribution in [2.75, 3.05) is 0 Å². The maximum atomic E-state index is 6.16. The number of halogens is 4. The minimum atomic E-state index is 0.215. The van der Waals surface area contributed by atoms with Gasteiger partial charge in [-0.15, -0.1) is 0 Å². The van der Waals surface area contributed by atoms with Crippen LogP contribution in [0.2, 0.25) is 10.0 Å². The van der Waals surface area contributed by atoms with Crippen LogP contribution < -0.4 is 0 Å². The summed E-state index contributed by atoms with van der Waals surface area (Å²) in [4.78, 5) is 0.215. The summed E-state index contributed by atoms with van der Waals surface area (Å²) in [5.41, 5.74) is 2.30. The molecule has 0 saturated heterocycles. The molecule has 0 nitrogen and oxygen atoms in total. The maximum Gasteiger partial charge on any atom is 0.0542 e. The highest BCUT2D eigenvalue weighted by Crippen LogP contribution is 2.32. The van der Waals surface area contributed by atoms with E-state index in [0.717, 1.165) is 25.6 Å². The lowest BCUT2D eigenvalue weighted by molar-refractivity contribution is 0.949. The third kappa shape index (κ3) is 3.62. The highest BCUT2D eigenvalue weighted by molar-refractivity contribution is 14.1. The molecule has 0 bridgehead atoms. The Bertz CT molecular complexity index is 557. The molecule has 18 heavy (non-hydrogen) atoms. The van der Waals surface area contributed by atoms with Crippen molar-refractivity contribution in [1.29, 1.82) is 0 Å². The molecular formula is C14H10BrCl2I. The number of alkyl halides is 1. The molecule has 0 amide bonds. The van der Waals surface area contributed by atoms with E-state index < -0.39 is 0 Å². The van der Waals surface area contributed by atoms with Gasteiger partial charge in [0.2, 0.25) is 0 Å². The first-order valence-electron chi connectivity index (χ1n) is 5.40. The number of benzene rings is 2. The Balaban J connectivity index is 2.19. The number of hydrogen-bond acceptors (Lipinski definition) is 0. The van der Waals surface area contributed by atoms with Crippen LogP contribution >= 0.6 is 61.7 Å². The van der Waals surface area contributed by atoms with Gasteiger partial charge in [-0.1, -0.05) is 63.4 Å². The summed E-state index contributed by atoms with van der Waals surface area (Å²) in [6, 6.07) is 14.0. The zero-order valence-corrected chi connectivity index (χ0v) is 14.6. The van der Waals surface area contributed by atoms with Crippen molar-refractivity contribution >= 4 is 61.7 Å². The number of hydrogen-bond donors (Lipinski definition) is 0. The van der Waals surface area contributed by atoms with Gasteiger partial charge >= 0.3 is 0 Å². The van der Waals surface area contributed by atoms with E-state index in [1.165, 1.54) is 5.56 Å². The van der Waals surface area contributed by atoms with E-state index in [4.69, 9.17) is 23.2 Å². The van der Waals surface area contributed by atoms with Gasteiger partial charge in [0.15, 0.2) is 0 Å². The standard InChI is InChI=1S/C14H10BrCl2I/c15-11(7-10-3-1-2-4-12(10)16)9-5-6-14(18)13(17)8-9/h1-6,8,11H,7H2. The highest BCUT2D eigenvalue weighted by Gasteiger charge is 2.11. The Morgan fingerprint density at radius 1 is 1.06 bits per heavy atom. The van der Waals surface area contributed by atoms with Crippen LogP contribution in [0.15, 0.2) is 42.5 Å². The zero-order chi connectivity index (χ0) is 13.1. The molecule has 0 aliphatic rings. The van der Waals surface area contributed by atoms with Crippen molar-refractivity contribution in [3.05, 3.63) is 67.2 Å². The van der Waals surface area contributed by atoms with Crippen LogP contribution in [0.3, 0.4) is 0 Å². The molecule has 0 aliphatic heterocycles. The first-order valence-corrected chi connectivity index (χ1v) is 8.15. The molecule has 0 aliphatic carbocycles. The molecular weight excluding hydrogens is 446 g/mol. The van der Waals surface area contributed by atoms with Crippen LogP contribution in [-0.4, -0.2) is 0 Å². The fourth-order valence-electron chi connectivity index (χ4n) is 1.68. The lowest BCUT2D eigenvalue weighted by Gasteiger charge is -2.12. The molecule has 94 valence electrons. The lowest BCUT2D eigenvalue weighted by atomic mass is 10.0. The van der Waals surface area contributed by atoms with E-state index in [0.29, 0.717) is 0 Å². The van der Waals surface area contributed by atoms with Gasteiger partial charge in [-0.05, 0) is 58.3 Å². The van der Waals surface area contributed by atoms with Crippen LogP contribution in [0.4, 0.5) is 0 Å². The van der Waals surface area contributed by atoms with Gasteiger partial charge in [0.25, 0.3) is 0 Å². The third-order valence-corrected chi connectivity index (χ3v) is 5.46. The van der Waals surface area contributed by atoms with Gasteiger partial charge in [0.05, 0.1) is 5.02 Å². The van der Waals surface area contributed by atoms with Crippen molar-refractivity contribution in [2.45, 2.75) is 11.2 Å². The second kappa shape index (κ2) is 6.60. The highest BCUT2D eigenvalue weighted by atomic mass is 127. The van der Waals surface area contributed by atoms with Gasteiger partial charge in [0.1, 0.15) is 0 Å². The SMILES string of the molecule is Clc1cc(C(Br)Cc2ccccc2Cl)ccc1I. The van der Waals surface area contributed by atoms with Gasteiger partial charge in [-0.25, -0.2) is 0 Å². The third-order valence-electron chi connectivity index (χ3n) is 2.66. The summed E-state index contributed by atoms with van der Waals surface area (Å²) in [7, 11) is 0. The largest absolute Gasteiger partial charge is 0.0840 e. The molecule has 1 atom stereocenters. The van der Waals surface area contributed by atoms with Crippen molar-refractivity contribution in [3.63, 3.8) is 0 Å². The van der Waals surface area contributed by atoms with Crippen LogP contribution in [0.5, 0.6) is 0 Å². The second-order valence-corrected chi connectivity index (χ2v) is 7.02. The summed E-state index contributed by atoms with van der Waals surface area (Å²) in [5, 5.41) is 1.59. The quantitative estimate of drug-likeness (QED) is 0.377. The van der Waals surface area contributed by atoms with Gasteiger partial charge in [-0.2, -0.15) is 0 Å². The van der Waals surface area contributed by atoms with Gasteiger partial charge in [-0.3, -0.25) is 0 Å². The predicted octanol–water partition coefficient (Wildman–Crippen LogP) is 6.28. The average Bonchev–Trinajstić information content (AvgIpc) is 2.35. The Labute approximate surface area is 139 Å². The second-order valence-electron chi connectivity index (χ2n) is 3.94. The van der Waals surface area contributed by atoms with E-state index in [1.807, 2.05) is 36.4 Å². The molecule has 0 radical (unpaired) electrons. The molecule has 2 rings (SSSR count). The lowest BCUT2D eigenvalue weighted by Crippen LogP contribution is -1.96. The summed E-state index contributed by atoms with van der Waals surface area (Å²) >= 11 is 18.2. The zero-order valence-electron chi connectivity index (χ0n) is 9.34. The minimum absolute atomic E-state index is 0.215. The molecule has 2 aromatic rings. The Hall–Kier alpha value is 0.230. The van der Waals surface area contributed by atoms with Crippen LogP contribution in [-0.2, 0) is 6.42 Å². The summed E-state index contributed by atoms with van der Waals surface area (Å²) in [6.45, 7) is 0. The van der Waals surface area contributed by atoms with Gasteiger partial charge in [0, 0.05) is 13.4 Å². The topological polar surface area (TPSA) is 0 Å². The van der Waals surface area contributed by atoms with Crippen molar-refractivity contribution in [1.82, 2.24) is 0 Å². The van der Waals surface area contributed by atoms with Gasteiger partial charge < -0.3 is 0 Å². The van der Waals surface area contributed by atoms with Crippen molar-refractivity contribution < 1.29 is 0 Å². The van der Waals surface area contributed by atoms with E-state index in [9.17, 15) is 0 Å². The van der Waals surface area contributed by atoms with Crippen molar-refractivity contribution in [2.24, 2.45) is 0 Å². The van der Waals surface area contributed by atoms with E-state index in [1.54, 1.807) is 0 Å². The van der Waals surface area contributed by atoms with Crippen LogP contribution in [0, 0.1) is 3.57 Å². The summed E-state index contributed by atoms with van der Waals surface area (Å²) < 4.78 is 1.07. The molecule has 0 spiro atoms. The van der Waals surface area contributed by atoms with E-state index in [-0.39, 0.29) is 4.83 Å². The molecule has 0 saturated carbocycles. The first-order chi connectivity index (χ1) is 8.58. The smallest absolute Gasteiger partial charge is 0.0542 e. The van der Waals surface area contributed by atoms with Crippen LogP contribution in [0.25, 0.3) is 0 Å². The molecule has 0 N–H and O–H groups in total.